The average molecular weight is 1040 g/mol. The molecule has 15 N–H and O–H groups in total. The van der Waals surface area contributed by atoms with Gasteiger partial charge in [-0.05, 0) is 116 Å². The molecule has 0 aliphatic carbocycles. The Bertz CT molecular complexity index is 1880. The largest absolute Gasteiger partial charge is 0.480 e. The van der Waals surface area contributed by atoms with Crippen molar-refractivity contribution in [3.63, 3.8) is 0 Å². The van der Waals surface area contributed by atoms with Crippen LogP contribution in [0.2, 0.25) is 0 Å². The van der Waals surface area contributed by atoms with Gasteiger partial charge in [-0.2, -0.15) is 12.6 Å². The molecule has 2 unspecified atom stereocenters. The fraction of sp³-hybridized carbons (Fsp3) is 0.783. The molecule has 0 radical (unpaired) electrons. The third-order valence-corrected chi connectivity index (χ3v) is 13.8. The van der Waals surface area contributed by atoms with Crippen LogP contribution in [0.4, 0.5) is 0 Å². The second kappa shape index (κ2) is 30.8. The van der Waals surface area contributed by atoms with E-state index in [0.717, 1.165) is 6.42 Å². The van der Waals surface area contributed by atoms with E-state index in [-0.39, 0.29) is 44.0 Å². The molecule has 0 aromatic carbocycles. The van der Waals surface area contributed by atoms with E-state index in [4.69, 9.17) is 11.5 Å². The Morgan fingerprint density at radius 3 is 1.75 bits per heavy atom. The molecule has 0 aromatic rings. The van der Waals surface area contributed by atoms with Crippen molar-refractivity contribution in [2.45, 2.75) is 178 Å². The maximum absolute atomic E-state index is 14.3. The van der Waals surface area contributed by atoms with Gasteiger partial charge in [0.15, 0.2) is 0 Å². The lowest BCUT2D eigenvalue weighted by Gasteiger charge is -2.35. The highest BCUT2D eigenvalue weighted by molar-refractivity contribution is 7.80. The van der Waals surface area contributed by atoms with Crippen molar-refractivity contribution in [1.82, 2.24) is 52.3 Å². The first-order valence-electron chi connectivity index (χ1n) is 25.2. The van der Waals surface area contributed by atoms with Gasteiger partial charge in [0.1, 0.15) is 54.4 Å². The summed E-state index contributed by atoms with van der Waals surface area (Å²) >= 11 is 4.20. The van der Waals surface area contributed by atoms with E-state index in [0.29, 0.717) is 77.4 Å². The number of rotatable bonds is 30. The van der Waals surface area contributed by atoms with Crippen molar-refractivity contribution in [2.75, 3.05) is 45.1 Å². The molecular weight excluding hydrogens is 961 g/mol. The summed E-state index contributed by atoms with van der Waals surface area (Å²) in [6.07, 6.45) is 4.30. The smallest absolute Gasteiger partial charge is 0.326 e. The van der Waals surface area contributed by atoms with Crippen LogP contribution in [-0.2, 0) is 47.9 Å². The zero-order valence-electron chi connectivity index (χ0n) is 42.0. The van der Waals surface area contributed by atoms with Crippen molar-refractivity contribution >= 4 is 71.8 Å². The zero-order chi connectivity index (χ0) is 53.7. The predicted molar refractivity (Wildman–Crippen MR) is 265 cm³/mol. The van der Waals surface area contributed by atoms with Crippen molar-refractivity contribution in [2.24, 2.45) is 17.4 Å². The van der Waals surface area contributed by atoms with E-state index in [1.807, 2.05) is 0 Å². The van der Waals surface area contributed by atoms with Gasteiger partial charge in [-0.1, -0.05) is 20.3 Å². The molecule has 25 nitrogen and oxygen atoms in total. The number of nitrogens with one attached hydrogen (secondary N) is 8. The topological polar surface area (TPSA) is 386 Å². The Morgan fingerprint density at radius 2 is 1.19 bits per heavy atom. The van der Waals surface area contributed by atoms with Crippen LogP contribution >= 0.6 is 12.6 Å². The molecule has 3 aliphatic heterocycles. The summed E-state index contributed by atoms with van der Waals surface area (Å²) in [5.74, 6) is -8.52. The molecule has 3 rings (SSSR count). The number of nitrogens with zero attached hydrogens (tertiary/aromatic N) is 2. The van der Waals surface area contributed by atoms with Crippen molar-refractivity contribution in [3.8, 4) is 0 Å². The number of carbonyl (C=O) groups excluding carboxylic acids is 9. The molecular formula is C46H80N12O13S. The van der Waals surface area contributed by atoms with Crippen LogP contribution in [0.15, 0.2) is 0 Å². The Kier molecular flexibility index (Phi) is 26.1. The van der Waals surface area contributed by atoms with Crippen LogP contribution in [0.5, 0.6) is 0 Å². The molecule has 0 saturated carbocycles. The van der Waals surface area contributed by atoms with Gasteiger partial charge in [-0.3, -0.25) is 43.2 Å². The summed E-state index contributed by atoms with van der Waals surface area (Å²) in [5, 5.41) is 51.1. The monoisotopic (exact) mass is 1040 g/mol. The number of carbonyl (C=O) groups is 10. The lowest BCUT2D eigenvalue weighted by Crippen LogP contribution is -2.62. The van der Waals surface area contributed by atoms with E-state index < -0.39 is 132 Å². The highest BCUT2D eigenvalue weighted by atomic mass is 32.1. The number of hydrogen-bond acceptors (Lipinski definition) is 16. The van der Waals surface area contributed by atoms with Gasteiger partial charge in [0.05, 0.1) is 18.8 Å². The third kappa shape index (κ3) is 17.8. The number of likely N-dealkylation sites (tertiary alicyclic amines) is 2. The summed E-state index contributed by atoms with van der Waals surface area (Å²) in [6, 6.07) is -11.8. The second-order valence-electron chi connectivity index (χ2n) is 18.9. The van der Waals surface area contributed by atoms with Crippen LogP contribution in [-0.4, -0.2) is 196 Å². The first-order chi connectivity index (χ1) is 34.2. The number of hydrogen-bond donors (Lipinski definition) is 14. The molecule has 3 saturated heterocycles. The lowest BCUT2D eigenvalue weighted by atomic mass is 9.96. The van der Waals surface area contributed by atoms with Crippen LogP contribution in [0.25, 0.3) is 0 Å². The van der Waals surface area contributed by atoms with E-state index >= 15 is 0 Å². The first-order valence-corrected chi connectivity index (χ1v) is 25.9. The maximum atomic E-state index is 14.3. The van der Waals surface area contributed by atoms with E-state index in [1.54, 1.807) is 13.8 Å². The highest BCUT2D eigenvalue weighted by Crippen LogP contribution is 2.27. The summed E-state index contributed by atoms with van der Waals surface area (Å²) < 4.78 is 0. The second-order valence-corrected chi connectivity index (χ2v) is 19.2. The number of amides is 9. The first kappa shape index (κ1) is 61.2. The quantitative estimate of drug-likeness (QED) is 0.0240. The number of unbranched alkanes of at least 4 members (excludes halogenated alkanes) is 2. The third-order valence-electron chi connectivity index (χ3n) is 13.4. The summed E-state index contributed by atoms with van der Waals surface area (Å²) in [5.41, 5.74) is 11.2. The van der Waals surface area contributed by atoms with Crippen LogP contribution < -0.4 is 54.0 Å². The Hall–Kier alpha value is -5.15. The molecule has 0 aromatic heterocycles. The fourth-order valence-electron chi connectivity index (χ4n) is 8.84. The van der Waals surface area contributed by atoms with E-state index in [2.05, 4.69) is 55.2 Å². The van der Waals surface area contributed by atoms with Crippen LogP contribution in [0.1, 0.15) is 111 Å². The summed E-state index contributed by atoms with van der Waals surface area (Å²) in [7, 11) is 0. The fourth-order valence-corrected chi connectivity index (χ4v) is 9.10. The molecule has 408 valence electrons. The van der Waals surface area contributed by atoms with Gasteiger partial charge in [-0.15, -0.1) is 0 Å². The molecule has 0 bridgehead atoms. The minimum atomic E-state index is -1.66. The number of aliphatic hydroxyl groups excluding tert-OH is 2. The molecule has 3 heterocycles. The molecule has 72 heavy (non-hydrogen) atoms. The van der Waals surface area contributed by atoms with Gasteiger partial charge in [-0.25, -0.2) is 4.79 Å². The molecule has 12 atom stereocenters. The Balaban J connectivity index is 1.64. The Labute approximate surface area is 426 Å². The number of aliphatic carboxylic acids is 1. The van der Waals surface area contributed by atoms with Crippen LogP contribution in [0.3, 0.4) is 0 Å². The maximum Gasteiger partial charge on any atom is 0.326 e. The highest BCUT2D eigenvalue weighted by Gasteiger charge is 2.45. The number of nitrogens with two attached hydrogens (primary N) is 2. The molecule has 3 aliphatic rings. The Morgan fingerprint density at radius 1 is 0.639 bits per heavy atom. The number of carboxylic acid groups (broad SMARTS) is 1. The SMILES string of the molecule is CCC(C)[C@H](NC(=O)[C@H](CO)NC(=O)[C@H](C)NC(=O)[C@@H](NC(=O)[C@H](CS)NC(=O)[C@H](CCCCN)NC(=O)[C@@H]1CCCN1)C(C)O)C(=O)N1CCC[C@H]1C(=O)N1CCC[C@H]1C(=O)N[C@@H](CCCCN)C(=O)O. The van der Waals surface area contributed by atoms with Crippen molar-refractivity contribution in [1.29, 1.82) is 0 Å². The molecule has 3 fully saturated rings. The minimum absolute atomic E-state index is 0.161. The standard InChI is InChI=1S/C46H80N12O13S/c1-5-25(2)35(45(69)58-22-12-17-34(58)44(68)57-21-11-16-33(57)42(66)52-30(46(70)71)14-7-9-19-48)55-40(64)31(23-59)53-37(61)26(3)50-43(67)36(27(4)60)56-41(65)32(24-72)54-39(63)29(13-6-8-18-47)51-38(62)28-15-10-20-49-28/h25-36,49,59-60,72H,5-24,47-48H2,1-4H3,(H,50,67)(H,51,62)(H,52,66)(H,53,61)(H,54,63)(H,55,64)(H,56,65)(H,70,71)/t25?,26-,27?,28-,29-,30-,31-,32-,33-,34-,35-,36-/m0/s1. The van der Waals surface area contributed by atoms with Gasteiger partial charge >= 0.3 is 5.97 Å². The zero-order valence-corrected chi connectivity index (χ0v) is 42.9. The van der Waals surface area contributed by atoms with Crippen LogP contribution in [0, 0.1) is 5.92 Å². The normalized spacial score (nSPS) is 21.4. The van der Waals surface area contributed by atoms with Gasteiger partial charge in [0.2, 0.25) is 53.2 Å². The lowest BCUT2D eigenvalue weighted by molar-refractivity contribution is -0.149. The predicted octanol–water partition coefficient (Wildman–Crippen LogP) is -4.17. The van der Waals surface area contributed by atoms with E-state index in [1.165, 1.54) is 23.6 Å². The van der Waals surface area contributed by atoms with Crippen molar-refractivity contribution < 1.29 is 63.3 Å². The molecule has 0 spiro atoms. The van der Waals surface area contributed by atoms with E-state index in [9.17, 15) is 63.3 Å². The van der Waals surface area contributed by atoms with Crippen molar-refractivity contribution in [3.05, 3.63) is 0 Å². The average Bonchev–Trinajstić information content (AvgIpc) is 4.18. The van der Waals surface area contributed by atoms with Gasteiger partial charge < -0.3 is 79.1 Å². The molecule has 9 amide bonds. The van der Waals surface area contributed by atoms with Gasteiger partial charge in [0.25, 0.3) is 0 Å². The number of aliphatic hydroxyl groups is 2. The number of carboxylic acids is 1. The summed E-state index contributed by atoms with van der Waals surface area (Å²) in [6.45, 7) is 6.77. The minimum Gasteiger partial charge on any atom is -0.480 e. The molecule has 26 heteroatoms. The van der Waals surface area contributed by atoms with Gasteiger partial charge in [0, 0.05) is 18.8 Å². The summed E-state index contributed by atoms with van der Waals surface area (Å²) in [4.78, 5) is 137. The number of thiol groups is 1.